The lowest BCUT2D eigenvalue weighted by Gasteiger charge is -2.14. The highest BCUT2D eigenvalue weighted by molar-refractivity contribution is 5.73. The summed E-state index contributed by atoms with van der Waals surface area (Å²) >= 11 is 0. The number of carbonyl (C=O) groups is 1. The third kappa shape index (κ3) is 3.44. The van der Waals surface area contributed by atoms with Gasteiger partial charge >= 0.3 is 5.97 Å². The van der Waals surface area contributed by atoms with Gasteiger partial charge in [-0.05, 0) is 67.7 Å². The molecule has 0 saturated heterocycles. The van der Waals surface area contributed by atoms with E-state index in [0.29, 0.717) is 29.8 Å². The first-order chi connectivity index (χ1) is 11.2. The van der Waals surface area contributed by atoms with Crippen LogP contribution in [0.15, 0.2) is 28.8 Å². The molecule has 4 rings (SSSR count). The summed E-state index contributed by atoms with van der Waals surface area (Å²) in [6, 6.07) is 7.24. The van der Waals surface area contributed by atoms with E-state index in [1.54, 1.807) is 19.1 Å². The third-order valence-electron chi connectivity index (χ3n) is 4.73. The van der Waals surface area contributed by atoms with Crippen molar-refractivity contribution in [1.82, 2.24) is 10.1 Å². The van der Waals surface area contributed by atoms with Crippen LogP contribution in [0, 0.1) is 24.7 Å². The number of hydrogen-bond donors (Lipinski definition) is 0. The summed E-state index contributed by atoms with van der Waals surface area (Å²) in [4.78, 5) is 16.4. The predicted octanol–water partition coefficient (Wildman–Crippen LogP) is 3.78. The highest BCUT2D eigenvalue weighted by Gasteiger charge is 2.42. The third-order valence-corrected chi connectivity index (χ3v) is 4.73. The Morgan fingerprint density at radius 2 is 1.87 bits per heavy atom. The standard InChI is InChI=1S/C18H20N2O3/c1-11-19-18(20-23-11)14-6-8-15(9-7-14)22-17(21)10-16(12-2-3-12)13-4-5-13/h6-9,12-13,16H,2-5,10H2,1H3. The second-order valence-electron chi connectivity index (χ2n) is 6.68. The summed E-state index contributed by atoms with van der Waals surface area (Å²) < 4.78 is 10.5. The van der Waals surface area contributed by atoms with Crippen LogP contribution < -0.4 is 4.74 Å². The van der Waals surface area contributed by atoms with Gasteiger partial charge in [-0.15, -0.1) is 0 Å². The lowest BCUT2D eigenvalue weighted by molar-refractivity contribution is -0.135. The minimum absolute atomic E-state index is 0.114. The van der Waals surface area contributed by atoms with Crippen molar-refractivity contribution in [3.63, 3.8) is 0 Å². The average Bonchev–Trinajstić information content (AvgIpc) is 3.45. The fourth-order valence-corrected chi connectivity index (χ4v) is 3.22. The Labute approximate surface area is 135 Å². The molecule has 0 amide bonds. The normalized spacial score (nSPS) is 17.5. The molecule has 1 aromatic heterocycles. The van der Waals surface area contributed by atoms with E-state index >= 15 is 0 Å². The molecule has 0 aliphatic heterocycles. The van der Waals surface area contributed by atoms with Gasteiger partial charge in [0.1, 0.15) is 5.75 Å². The lowest BCUT2D eigenvalue weighted by Crippen LogP contribution is -2.17. The molecule has 0 spiro atoms. The molecule has 1 heterocycles. The zero-order chi connectivity index (χ0) is 15.8. The van der Waals surface area contributed by atoms with Crippen LogP contribution in [0.2, 0.25) is 0 Å². The Kier molecular flexibility index (Phi) is 3.63. The highest BCUT2D eigenvalue weighted by Crippen LogP contribution is 2.50. The maximum atomic E-state index is 12.2. The van der Waals surface area contributed by atoms with Crippen LogP contribution in [0.25, 0.3) is 11.4 Å². The summed E-state index contributed by atoms with van der Waals surface area (Å²) in [7, 11) is 0. The van der Waals surface area contributed by atoms with Gasteiger partial charge in [-0.25, -0.2) is 0 Å². The van der Waals surface area contributed by atoms with E-state index in [-0.39, 0.29) is 5.97 Å². The molecule has 5 nitrogen and oxygen atoms in total. The molecule has 5 heteroatoms. The first kappa shape index (κ1) is 14.4. The minimum atomic E-state index is -0.114. The van der Waals surface area contributed by atoms with E-state index in [4.69, 9.17) is 9.26 Å². The van der Waals surface area contributed by atoms with Crippen molar-refractivity contribution >= 4 is 5.97 Å². The quantitative estimate of drug-likeness (QED) is 0.600. The number of nitrogens with zero attached hydrogens (tertiary/aromatic N) is 2. The molecule has 23 heavy (non-hydrogen) atoms. The molecule has 0 atom stereocenters. The van der Waals surface area contributed by atoms with Gasteiger partial charge in [0.05, 0.1) is 0 Å². The van der Waals surface area contributed by atoms with E-state index in [2.05, 4.69) is 10.1 Å². The number of aromatic nitrogens is 2. The topological polar surface area (TPSA) is 65.2 Å². The minimum Gasteiger partial charge on any atom is -0.427 e. The van der Waals surface area contributed by atoms with Gasteiger partial charge < -0.3 is 9.26 Å². The van der Waals surface area contributed by atoms with Gasteiger partial charge in [0, 0.05) is 18.9 Å². The Bertz CT molecular complexity index is 687. The molecule has 120 valence electrons. The van der Waals surface area contributed by atoms with Gasteiger partial charge in [0.15, 0.2) is 0 Å². The summed E-state index contributed by atoms with van der Waals surface area (Å²) in [5, 5.41) is 3.87. The second kappa shape index (κ2) is 5.80. The maximum absolute atomic E-state index is 12.2. The van der Waals surface area contributed by atoms with E-state index in [9.17, 15) is 4.79 Å². The number of rotatable bonds is 6. The lowest BCUT2D eigenvalue weighted by atomic mass is 9.94. The Morgan fingerprint density at radius 1 is 1.22 bits per heavy atom. The SMILES string of the molecule is Cc1nc(-c2ccc(OC(=O)CC(C3CC3)C3CC3)cc2)no1. The molecule has 2 saturated carbocycles. The Balaban J connectivity index is 1.37. The first-order valence-corrected chi connectivity index (χ1v) is 8.30. The van der Waals surface area contributed by atoms with Crippen molar-refractivity contribution in [2.24, 2.45) is 17.8 Å². The van der Waals surface area contributed by atoms with Gasteiger partial charge in [-0.1, -0.05) is 5.16 Å². The molecule has 0 radical (unpaired) electrons. The van der Waals surface area contributed by atoms with Gasteiger partial charge in [-0.2, -0.15) is 4.98 Å². The number of carbonyl (C=O) groups excluding carboxylic acids is 1. The zero-order valence-corrected chi connectivity index (χ0v) is 13.2. The van der Waals surface area contributed by atoms with Crippen LogP contribution in [0.4, 0.5) is 0 Å². The monoisotopic (exact) mass is 312 g/mol. The van der Waals surface area contributed by atoms with E-state index in [0.717, 1.165) is 17.4 Å². The van der Waals surface area contributed by atoms with Crippen LogP contribution in [0.1, 0.15) is 38.0 Å². The fourth-order valence-electron chi connectivity index (χ4n) is 3.22. The van der Waals surface area contributed by atoms with Gasteiger partial charge in [0.2, 0.25) is 11.7 Å². The first-order valence-electron chi connectivity index (χ1n) is 8.30. The van der Waals surface area contributed by atoms with Crippen molar-refractivity contribution in [2.45, 2.75) is 39.0 Å². The number of benzene rings is 1. The maximum Gasteiger partial charge on any atom is 0.311 e. The highest BCUT2D eigenvalue weighted by atomic mass is 16.5. The van der Waals surface area contributed by atoms with Crippen LogP contribution in [-0.2, 0) is 4.79 Å². The molecule has 2 fully saturated rings. The van der Waals surface area contributed by atoms with Crippen molar-refractivity contribution in [2.75, 3.05) is 0 Å². The van der Waals surface area contributed by atoms with Crippen LogP contribution >= 0.6 is 0 Å². The molecule has 2 aromatic rings. The number of ether oxygens (including phenoxy) is 1. The second-order valence-corrected chi connectivity index (χ2v) is 6.68. The average molecular weight is 312 g/mol. The van der Waals surface area contributed by atoms with Gasteiger partial charge in [-0.3, -0.25) is 4.79 Å². The van der Waals surface area contributed by atoms with Gasteiger partial charge in [0.25, 0.3) is 0 Å². The molecule has 0 bridgehead atoms. The molecule has 0 N–H and O–H groups in total. The molecule has 0 unspecified atom stereocenters. The van der Waals surface area contributed by atoms with E-state index in [1.807, 2.05) is 12.1 Å². The van der Waals surface area contributed by atoms with E-state index < -0.39 is 0 Å². The van der Waals surface area contributed by atoms with Crippen LogP contribution in [0.5, 0.6) is 5.75 Å². The predicted molar refractivity (Wildman–Crippen MR) is 83.7 cm³/mol. The number of aryl methyl sites for hydroxylation is 1. The molecular formula is C18H20N2O3. The summed E-state index contributed by atoms with van der Waals surface area (Å²) in [5.41, 5.74) is 0.843. The smallest absolute Gasteiger partial charge is 0.311 e. The Hall–Kier alpha value is -2.17. The zero-order valence-electron chi connectivity index (χ0n) is 13.2. The van der Waals surface area contributed by atoms with Crippen LogP contribution in [0.3, 0.4) is 0 Å². The van der Waals surface area contributed by atoms with Crippen LogP contribution in [-0.4, -0.2) is 16.1 Å². The largest absolute Gasteiger partial charge is 0.427 e. The summed E-state index contributed by atoms with van der Waals surface area (Å²) in [6.45, 7) is 1.75. The Morgan fingerprint density at radius 3 is 2.39 bits per heavy atom. The summed E-state index contributed by atoms with van der Waals surface area (Å²) in [5.74, 6) is 3.60. The van der Waals surface area contributed by atoms with Crippen molar-refractivity contribution in [3.05, 3.63) is 30.2 Å². The fraction of sp³-hybridized carbons (Fsp3) is 0.500. The number of hydrogen-bond acceptors (Lipinski definition) is 5. The molecular weight excluding hydrogens is 292 g/mol. The van der Waals surface area contributed by atoms with E-state index in [1.165, 1.54) is 25.7 Å². The van der Waals surface area contributed by atoms with Crippen molar-refractivity contribution in [3.8, 4) is 17.1 Å². The number of esters is 1. The molecule has 2 aliphatic carbocycles. The summed E-state index contributed by atoms with van der Waals surface area (Å²) in [6.07, 6.45) is 5.70. The molecule has 1 aromatic carbocycles. The van der Waals surface area contributed by atoms with Crippen molar-refractivity contribution in [1.29, 1.82) is 0 Å². The van der Waals surface area contributed by atoms with Crippen molar-refractivity contribution < 1.29 is 14.1 Å². The molecule has 2 aliphatic rings.